The minimum atomic E-state index is -0.373. The van der Waals surface area contributed by atoms with E-state index in [1.165, 1.54) is 6.47 Å². The molecule has 0 radical (unpaired) electrons. The van der Waals surface area contributed by atoms with E-state index < -0.39 is 0 Å². The number of thiophene rings is 1. The Kier molecular flexibility index (Phi) is 12.4. The Balaban J connectivity index is 0. The summed E-state index contributed by atoms with van der Waals surface area (Å²) in [7, 11) is 0. The fourth-order valence-corrected chi connectivity index (χ4v) is 2.38. The van der Waals surface area contributed by atoms with Crippen molar-refractivity contribution in [1.82, 2.24) is 0 Å². The summed E-state index contributed by atoms with van der Waals surface area (Å²) in [6.45, 7) is 14.7. The van der Waals surface area contributed by atoms with Crippen LogP contribution in [-0.4, -0.2) is 24.6 Å². The molecule has 1 aromatic heterocycles. The van der Waals surface area contributed by atoms with Crippen LogP contribution < -0.4 is 18.9 Å². The second-order valence-electron chi connectivity index (χ2n) is 5.05. The molecule has 1 rings (SSSR count). The van der Waals surface area contributed by atoms with Gasteiger partial charge in [-0.1, -0.05) is 6.47 Å². The molecule has 6 heteroatoms. The van der Waals surface area contributed by atoms with Gasteiger partial charge in [0.1, 0.15) is 0 Å². The Bertz CT molecular complexity index is 449. The third-order valence-corrected chi connectivity index (χ3v) is 3.37. The van der Waals surface area contributed by atoms with E-state index in [4.69, 9.17) is 4.74 Å². The molecule has 120 valence electrons. The van der Waals surface area contributed by atoms with Crippen molar-refractivity contribution >= 4 is 23.8 Å². The predicted octanol–water partition coefficient (Wildman–Crippen LogP) is 0.746. The molecule has 0 aliphatic carbocycles. The molecular weight excluding hydrogens is 295 g/mol. The van der Waals surface area contributed by atoms with Gasteiger partial charge in [0.2, 0.25) is 0 Å². The first-order valence-electron chi connectivity index (χ1n) is 6.71. The van der Waals surface area contributed by atoms with Crippen molar-refractivity contribution in [2.24, 2.45) is 0 Å². The molecule has 0 spiro atoms. The van der Waals surface area contributed by atoms with E-state index in [1.807, 2.05) is 18.7 Å². The molecule has 0 unspecified atom stereocenters. The van der Waals surface area contributed by atoms with E-state index in [9.17, 15) is 9.59 Å². The molecule has 0 atom stereocenters. The maximum absolute atomic E-state index is 11.5. The molecule has 0 amide bonds. The normalized spacial score (nSPS) is 9.73. The van der Waals surface area contributed by atoms with E-state index >= 15 is 0 Å². The molecule has 1 heterocycles. The van der Waals surface area contributed by atoms with Gasteiger partial charge in [0, 0.05) is 0 Å². The van der Waals surface area contributed by atoms with Gasteiger partial charge in [-0.05, 0) is 38.6 Å². The number of carbonyl (C=O) groups is 1. The number of hydrogen-bond acceptors (Lipinski definition) is 5. The summed E-state index contributed by atoms with van der Waals surface area (Å²) < 4.78 is 9.38. The Labute approximate surface area is 149 Å². The van der Waals surface area contributed by atoms with Crippen LogP contribution in [0.1, 0.15) is 55.4 Å². The van der Waals surface area contributed by atoms with Gasteiger partial charge in [0.05, 0.1) is 12.2 Å². The molecule has 0 fully saturated rings. The summed E-state index contributed by atoms with van der Waals surface area (Å²) >= 11 is 1.56. The van der Waals surface area contributed by atoms with Gasteiger partial charge in [0.25, 0.3) is 0 Å². The van der Waals surface area contributed by atoms with Crippen LogP contribution in [0.2, 0.25) is 0 Å². The quantitative estimate of drug-likeness (QED) is 0.457. The van der Waals surface area contributed by atoms with Crippen LogP contribution in [0.5, 0.6) is 0 Å². The Hall–Kier alpha value is -0.893. The molecule has 4 nitrogen and oxygen atoms in total. The van der Waals surface area contributed by atoms with Gasteiger partial charge in [0.15, 0.2) is 0 Å². The summed E-state index contributed by atoms with van der Waals surface area (Å²) in [5.74, 6) is -0.240. The third-order valence-electron chi connectivity index (χ3n) is 2.28. The third kappa shape index (κ3) is 8.53. The van der Waals surface area contributed by atoms with Gasteiger partial charge in [-0.15, -0.1) is 11.8 Å². The van der Waals surface area contributed by atoms with Crippen molar-refractivity contribution in [3.05, 3.63) is 34.7 Å². The van der Waals surface area contributed by atoms with Crippen molar-refractivity contribution in [2.45, 2.75) is 46.6 Å². The van der Waals surface area contributed by atoms with E-state index in [1.54, 1.807) is 39.0 Å². The SMILES string of the molecule is CC(C)(C)O[C-]=O.[CH2-]Cc1c(C(=O)OCC)csc1[CH-]C.[Li+]. The fourth-order valence-electron chi connectivity index (χ4n) is 1.40. The molecule has 0 saturated heterocycles. The number of rotatable bonds is 5. The molecule has 0 bridgehead atoms. The van der Waals surface area contributed by atoms with Crippen LogP contribution in [-0.2, 0) is 20.7 Å². The Morgan fingerprint density at radius 2 is 2.05 bits per heavy atom. The Morgan fingerprint density at radius 3 is 2.36 bits per heavy atom. The Morgan fingerprint density at radius 1 is 1.45 bits per heavy atom. The van der Waals surface area contributed by atoms with Crippen LogP contribution >= 0.6 is 11.3 Å². The van der Waals surface area contributed by atoms with Crippen molar-refractivity contribution < 1.29 is 37.9 Å². The molecular formula is C16H23LiO4S-2. The summed E-state index contributed by atoms with van der Waals surface area (Å²) in [5, 5.41) is 1.84. The minimum absolute atomic E-state index is 0. The largest absolute Gasteiger partial charge is 1.00 e. The van der Waals surface area contributed by atoms with Crippen LogP contribution in [0.25, 0.3) is 0 Å². The average Bonchev–Trinajstić information content (AvgIpc) is 2.81. The molecule has 0 aliphatic heterocycles. The number of carbonyl (C=O) groups excluding carboxylic acids is 2. The van der Waals surface area contributed by atoms with Gasteiger partial charge in [-0.2, -0.15) is 16.9 Å². The predicted molar refractivity (Wildman–Crippen MR) is 84.9 cm³/mol. The van der Waals surface area contributed by atoms with Crippen LogP contribution in [0.15, 0.2) is 5.38 Å². The van der Waals surface area contributed by atoms with Gasteiger partial charge in [-0.25, -0.2) is 17.6 Å². The first-order valence-corrected chi connectivity index (χ1v) is 7.59. The maximum atomic E-state index is 11.5. The second kappa shape index (κ2) is 11.6. The van der Waals surface area contributed by atoms with Crippen LogP contribution in [0.3, 0.4) is 0 Å². The summed E-state index contributed by atoms with van der Waals surface area (Å²) in [4.78, 5) is 22.1. The van der Waals surface area contributed by atoms with E-state index in [0.717, 1.165) is 10.4 Å². The zero-order valence-corrected chi connectivity index (χ0v) is 15.1. The summed E-state index contributed by atoms with van der Waals surface area (Å²) in [6, 6.07) is 0. The van der Waals surface area contributed by atoms with E-state index in [0.29, 0.717) is 18.6 Å². The molecule has 22 heavy (non-hydrogen) atoms. The topological polar surface area (TPSA) is 52.6 Å². The first kappa shape index (κ1) is 23.4. The molecule has 0 aliphatic rings. The fraction of sp³-hybridized carbons (Fsp3) is 0.500. The number of ether oxygens (including phenoxy) is 2. The van der Waals surface area contributed by atoms with Gasteiger partial charge in [-0.3, -0.25) is 0 Å². The second-order valence-corrected chi connectivity index (χ2v) is 5.96. The monoisotopic (exact) mass is 318 g/mol. The van der Waals surface area contributed by atoms with Crippen molar-refractivity contribution in [2.75, 3.05) is 6.61 Å². The molecule has 0 aromatic carbocycles. The minimum Gasteiger partial charge on any atom is -0.649 e. The van der Waals surface area contributed by atoms with Crippen LogP contribution in [0.4, 0.5) is 0 Å². The van der Waals surface area contributed by atoms with E-state index in [-0.39, 0.29) is 30.4 Å². The van der Waals surface area contributed by atoms with Crippen molar-refractivity contribution in [3.8, 4) is 0 Å². The van der Waals surface area contributed by atoms with E-state index in [2.05, 4.69) is 11.7 Å². The standard InChI is InChI=1S/C11H14O2S.C5H9O2.Li/c1-4-8-9(11(12)13-6-3)7-14-10(8)5-2;1-5(2,3)7-4-6;/h5,7H,1,4,6H2,2-3H3;1-3H3;/q-2;-1;+1. The number of esters is 1. The number of hydrogen-bond donors (Lipinski definition) is 0. The maximum Gasteiger partial charge on any atom is 1.00 e. The smallest absolute Gasteiger partial charge is 0.649 e. The average molecular weight is 318 g/mol. The first-order chi connectivity index (χ1) is 9.80. The van der Waals surface area contributed by atoms with Crippen LogP contribution in [0, 0.1) is 13.3 Å². The molecule has 0 saturated carbocycles. The van der Waals surface area contributed by atoms with Gasteiger partial charge >= 0.3 is 24.8 Å². The molecule has 1 aromatic rings. The molecule has 0 N–H and O–H groups in total. The van der Waals surface area contributed by atoms with Crippen molar-refractivity contribution in [3.63, 3.8) is 0 Å². The van der Waals surface area contributed by atoms with Gasteiger partial charge < -0.3 is 21.2 Å². The summed E-state index contributed by atoms with van der Waals surface area (Å²) in [5.41, 5.74) is 1.29. The zero-order valence-electron chi connectivity index (χ0n) is 14.3. The summed E-state index contributed by atoms with van der Waals surface area (Å²) in [6.07, 6.45) is 2.62. The zero-order chi connectivity index (χ0) is 16.5. The van der Waals surface area contributed by atoms with Crippen molar-refractivity contribution in [1.29, 1.82) is 0 Å².